The summed E-state index contributed by atoms with van der Waals surface area (Å²) in [5, 5.41) is 5.05. The fraction of sp³-hybridized carbons (Fsp3) is 0.357. The Labute approximate surface area is 148 Å². The zero-order valence-electron chi connectivity index (χ0n) is 12.0. The van der Waals surface area contributed by atoms with E-state index >= 15 is 0 Å². The van der Waals surface area contributed by atoms with Gasteiger partial charge in [-0.25, -0.2) is 4.98 Å². The Kier molecular flexibility index (Phi) is 4.27. The largest absolute Gasteiger partial charge is 0.339 e. The van der Waals surface area contributed by atoms with Gasteiger partial charge in [-0.05, 0) is 25.3 Å². The zero-order chi connectivity index (χ0) is 15.3. The van der Waals surface area contributed by atoms with E-state index < -0.39 is 5.54 Å². The van der Waals surface area contributed by atoms with Crippen LogP contribution < -0.4 is 5.73 Å². The summed E-state index contributed by atoms with van der Waals surface area (Å²) >= 11 is 12.1. The Morgan fingerprint density at radius 1 is 1.26 bits per heavy atom. The predicted octanol–water partition coefficient (Wildman–Crippen LogP) is 3.37. The van der Waals surface area contributed by atoms with Crippen LogP contribution in [0.25, 0.3) is 5.65 Å². The van der Waals surface area contributed by atoms with Crippen LogP contribution in [0.3, 0.4) is 0 Å². The summed E-state index contributed by atoms with van der Waals surface area (Å²) < 4.78 is 7.08. The van der Waals surface area contributed by atoms with Crippen molar-refractivity contribution in [3.63, 3.8) is 0 Å². The molecule has 0 amide bonds. The molecule has 0 aromatic carbocycles. The highest BCUT2D eigenvalue weighted by molar-refractivity contribution is 6.36. The molecule has 4 rings (SSSR count). The predicted molar refractivity (Wildman–Crippen MR) is 89.3 cm³/mol. The van der Waals surface area contributed by atoms with E-state index in [2.05, 4.69) is 15.1 Å². The normalized spacial score (nSPS) is 16.1. The van der Waals surface area contributed by atoms with E-state index in [-0.39, 0.29) is 12.4 Å². The van der Waals surface area contributed by atoms with Crippen LogP contribution in [0.5, 0.6) is 0 Å². The molecule has 23 heavy (non-hydrogen) atoms. The van der Waals surface area contributed by atoms with Crippen molar-refractivity contribution in [2.45, 2.75) is 31.2 Å². The number of fused-ring (bicyclic) bond motifs is 1. The van der Waals surface area contributed by atoms with Crippen molar-refractivity contribution in [1.82, 2.24) is 19.5 Å². The first kappa shape index (κ1) is 16.5. The van der Waals surface area contributed by atoms with E-state index in [0.29, 0.717) is 33.8 Å². The molecule has 0 spiro atoms. The highest BCUT2D eigenvalue weighted by Gasteiger charge is 2.38. The monoisotopic (exact) mass is 373 g/mol. The first-order valence-electron chi connectivity index (χ1n) is 6.98. The van der Waals surface area contributed by atoms with Crippen molar-refractivity contribution in [3.8, 4) is 0 Å². The number of hydrogen-bond acceptors (Lipinski definition) is 5. The van der Waals surface area contributed by atoms with Crippen molar-refractivity contribution >= 4 is 41.3 Å². The minimum absolute atomic E-state index is 0. The molecule has 0 aliphatic heterocycles. The smallest absolute Gasteiger partial charge is 0.232 e. The summed E-state index contributed by atoms with van der Waals surface area (Å²) in [4.78, 5) is 8.87. The second-order valence-electron chi connectivity index (χ2n) is 5.67. The second-order valence-corrected chi connectivity index (χ2v) is 6.51. The summed E-state index contributed by atoms with van der Waals surface area (Å²) in [6.45, 7) is 0. The van der Waals surface area contributed by atoms with Gasteiger partial charge in [-0.15, -0.1) is 12.4 Å². The SMILES string of the molecule is Cl.NC1(c2noc(Cc3cn4cc(Cl)cc(Cl)c4n3)n2)CCC1. The molecule has 1 aliphatic carbocycles. The van der Waals surface area contributed by atoms with Gasteiger partial charge in [0.1, 0.15) is 0 Å². The summed E-state index contributed by atoms with van der Waals surface area (Å²) in [5.41, 5.74) is 7.20. The molecule has 6 nitrogen and oxygen atoms in total. The summed E-state index contributed by atoms with van der Waals surface area (Å²) in [6.07, 6.45) is 6.92. The lowest BCUT2D eigenvalue weighted by Gasteiger charge is -2.34. The van der Waals surface area contributed by atoms with Gasteiger partial charge in [0.05, 0.1) is 27.7 Å². The van der Waals surface area contributed by atoms with Crippen molar-refractivity contribution in [3.05, 3.63) is 45.9 Å². The van der Waals surface area contributed by atoms with Crippen LogP contribution in [0, 0.1) is 0 Å². The van der Waals surface area contributed by atoms with Crippen LogP contribution in [-0.2, 0) is 12.0 Å². The minimum Gasteiger partial charge on any atom is -0.339 e. The van der Waals surface area contributed by atoms with E-state index in [9.17, 15) is 0 Å². The summed E-state index contributed by atoms with van der Waals surface area (Å²) in [5.74, 6) is 1.08. The van der Waals surface area contributed by atoms with Crippen LogP contribution in [0.2, 0.25) is 10.0 Å². The average Bonchev–Trinajstić information content (AvgIpc) is 3.03. The van der Waals surface area contributed by atoms with E-state index in [1.165, 1.54) is 0 Å². The molecule has 3 aromatic rings. The van der Waals surface area contributed by atoms with Gasteiger partial charge < -0.3 is 14.7 Å². The van der Waals surface area contributed by atoms with Crippen molar-refractivity contribution in [1.29, 1.82) is 0 Å². The number of nitrogens with zero attached hydrogens (tertiary/aromatic N) is 4. The number of pyridine rings is 1. The average molecular weight is 375 g/mol. The molecule has 0 atom stereocenters. The molecule has 1 saturated carbocycles. The molecule has 0 radical (unpaired) electrons. The van der Waals surface area contributed by atoms with Crippen molar-refractivity contribution in [2.24, 2.45) is 5.73 Å². The first-order valence-corrected chi connectivity index (χ1v) is 7.74. The zero-order valence-corrected chi connectivity index (χ0v) is 14.3. The van der Waals surface area contributed by atoms with Crippen molar-refractivity contribution in [2.75, 3.05) is 0 Å². The standard InChI is InChI=1S/C14H13Cl2N5O.ClH/c15-8-4-10(16)12-18-9(7-21(12)6-8)5-11-19-13(20-22-11)14(17)2-1-3-14;/h4,6-7H,1-3,5,17H2;1H. The van der Waals surface area contributed by atoms with Gasteiger partial charge in [0.15, 0.2) is 11.5 Å². The highest BCUT2D eigenvalue weighted by Crippen LogP contribution is 2.37. The molecule has 1 fully saturated rings. The van der Waals surface area contributed by atoms with Crippen LogP contribution in [0.4, 0.5) is 0 Å². The van der Waals surface area contributed by atoms with Gasteiger partial charge in [-0.2, -0.15) is 4.98 Å². The Bertz CT molecular complexity index is 855. The van der Waals surface area contributed by atoms with E-state index in [1.54, 1.807) is 16.7 Å². The maximum atomic E-state index is 6.19. The van der Waals surface area contributed by atoms with Gasteiger partial charge in [-0.3, -0.25) is 0 Å². The Hall–Kier alpha value is -1.34. The lowest BCUT2D eigenvalue weighted by molar-refractivity contribution is 0.229. The number of hydrogen-bond donors (Lipinski definition) is 1. The number of imidazole rings is 1. The second kappa shape index (κ2) is 5.94. The Balaban J connectivity index is 0.00000156. The maximum absolute atomic E-state index is 6.19. The number of halogens is 3. The first-order chi connectivity index (χ1) is 10.5. The third-order valence-corrected chi connectivity index (χ3v) is 4.50. The van der Waals surface area contributed by atoms with E-state index in [1.807, 2.05) is 6.20 Å². The van der Waals surface area contributed by atoms with Gasteiger partial charge >= 0.3 is 0 Å². The quantitative estimate of drug-likeness (QED) is 0.760. The Morgan fingerprint density at radius 3 is 2.74 bits per heavy atom. The number of nitrogens with two attached hydrogens (primary N) is 1. The van der Waals surface area contributed by atoms with E-state index in [4.69, 9.17) is 33.5 Å². The third-order valence-electron chi connectivity index (χ3n) is 4.01. The molecule has 9 heteroatoms. The van der Waals surface area contributed by atoms with Gasteiger partial charge in [0.2, 0.25) is 5.89 Å². The molecular weight excluding hydrogens is 361 g/mol. The highest BCUT2D eigenvalue weighted by atomic mass is 35.5. The van der Waals surface area contributed by atoms with Crippen LogP contribution >= 0.6 is 35.6 Å². The minimum atomic E-state index is -0.419. The molecular formula is C14H14Cl3N5O. The number of rotatable bonds is 3. The lowest BCUT2D eigenvalue weighted by atomic mass is 9.77. The third kappa shape index (κ3) is 2.92. The molecule has 1 aliphatic rings. The van der Waals surface area contributed by atoms with E-state index in [0.717, 1.165) is 25.0 Å². The summed E-state index contributed by atoms with van der Waals surface area (Å²) in [6, 6.07) is 1.66. The van der Waals surface area contributed by atoms with Crippen LogP contribution in [0.1, 0.15) is 36.7 Å². The van der Waals surface area contributed by atoms with Crippen molar-refractivity contribution < 1.29 is 4.52 Å². The molecule has 122 valence electrons. The van der Waals surface area contributed by atoms with Crippen LogP contribution in [0.15, 0.2) is 23.0 Å². The van der Waals surface area contributed by atoms with Gasteiger partial charge in [-0.1, -0.05) is 28.4 Å². The van der Waals surface area contributed by atoms with Gasteiger partial charge in [0.25, 0.3) is 0 Å². The summed E-state index contributed by atoms with van der Waals surface area (Å²) in [7, 11) is 0. The molecule has 0 bridgehead atoms. The fourth-order valence-electron chi connectivity index (χ4n) is 2.63. The number of aromatic nitrogens is 4. The molecule has 2 N–H and O–H groups in total. The maximum Gasteiger partial charge on any atom is 0.232 e. The molecule has 3 aromatic heterocycles. The lowest BCUT2D eigenvalue weighted by Crippen LogP contribution is -2.44. The molecule has 0 unspecified atom stereocenters. The topological polar surface area (TPSA) is 82.2 Å². The Morgan fingerprint density at radius 2 is 2.04 bits per heavy atom. The fourth-order valence-corrected chi connectivity index (χ4v) is 3.15. The van der Waals surface area contributed by atoms with Crippen LogP contribution in [-0.4, -0.2) is 19.5 Å². The van der Waals surface area contributed by atoms with Gasteiger partial charge in [0, 0.05) is 12.4 Å². The molecule has 3 heterocycles. The molecule has 0 saturated heterocycles.